The number of hydrogen-bond acceptors (Lipinski definition) is 3. The van der Waals surface area contributed by atoms with Crippen molar-refractivity contribution >= 4 is 12.0 Å². The van der Waals surface area contributed by atoms with Gasteiger partial charge in [-0.3, -0.25) is 4.79 Å². The molecule has 92 valence electrons. The predicted molar refractivity (Wildman–Crippen MR) is 57.2 cm³/mol. The van der Waals surface area contributed by atoms with E-state index < -0.39 is 12.0 Å². The lowest BCUT2D eigenvalue weighted by molar-refractivity contribution is -0.137. The first-order valence-electron chi connectivity index (χ1n) is 5.38. The second kappa shape index (κ2) is 6.32. The van der Waals surface area contributed by atoms with Crippen LogP contribution < -0.4 is 5.32 Å². The molecule has 16 heavy (non-hydrogen) atoms. The first-order chi connectivity index (χ1) is 7.59. The Morgan fingerprint density at radius 3 is 2.75 bits per heavy atom. The summed E-state index contributed by atoms with van der Waals surface area (Å²) < 4.78 is 5.32. The molecule has 0 saturated heterocycles. The molecule has 0 aromatic rings. The number of nitrogens with zero attached hydrogens (tertiary/aromatic N) is 1. The quantitative estimate of drug-likeness (QED) is 0.610. The van der Waals surface area contributed by atoms with Crippen molar-refractivity contribution in [1.29, 1.82) is 0 Å². The second-order valence-electron chi connectivity index (χ2n) is 4.00. The molecule has 1 aliphatic carbocycles. The number of urea groups is 1. The van der Waals surface area contributed by atoms with Gasteiger partial charge in [0, 0.05) is 20.2 Å². The Morgan fingerprint density at radius 1 is 1.50 bits per heavy atom. The average molecular weight is 230 g/mol. The Bertz CT molecular complexity index is 253. The van der Waals surface area contributed by atoms with Gasteiger partial charge in [0.25, 0.3) is 0 Å². The molecule has 1 aliphatic rings. The minimum absolute atomic E-state index is 0.297. The van der Waals surface area contributed by atoms with Crippen molar-refractivity contribution in [1.82, 2.24) is 10.2 Å². The summed E-state index contributed by atoms with van der Waals surface area (Å²) in [5.74, 6) is -0.312. The largest absolute Gasteiger partial charge is 0.480 e. The number of aliphatic carboxylic acids is 1. The summed E-state index contributed by atoms with van der Waals surface area (Å²) in [5, 5.41) is 11.0. The summed E-state index contributed by atoms with van der Waals surface area (Å²) in [4.78, 5) is 22.7. The van der Waals surface area contributed by atoms with Crippen LogP contribution in [0.25, 0.3) is 0 Å². The number of carbonyl (C=O) groups excluding carboxylic acids is 1. The van der Waals surface area contributed by atoms with Crippen LogP contribution in [0.15, 0.2) is 0 Å². The van der Waals surface area contributed by atoms with Crippen molar-refractivity contribution in [2.75, 3.05) is 33.4 Å². The number of likely N-dealkylation sites (N-methyl/N-ethyl adjacent to an activating group) is 1. The molecular weight excluding hydrogens is 212 g/mol. The number of carboxylic acid groups (broad SMARTS) is 1. The standard InChI is InChI=1S/C10H18N2O4/c1-12(6-9(13)14)10(15)11-4-5-16-7-8-2-3-8/h8H,2-7H2,1H3,(H,11,15)(H,13,14). The van der Waals surface area contributed by atoms with E-state index in [4.69, 9.17) is 9.84 Å². The smallest absolute Gasteiger partial charge is 0.323 e. The molecule has 0 aromatic carbocycles. The van der Waals surface area contributed by atoms with Crippen molar-refractivity contribution in [3.63, 3.8) is 0 Å². The average Bonchev–Trinajstić information content (AvgIpc) is 2.99. The fourth-order valence-corrected chi connectivity index (χ4v) is 1.17. The highest BCUT2D eigenvalue weighted by Gasteiger charge is 2.20. The Morgan fingerprint density at radius 2 is 2.19 bits per heavy atom. The van der Waals surface area contributed by atoms with Crippen LogP contribution in [0.1, 0.15) is 12.8 Å². The van der Waals surface area contributed by atoms with Crippen LogP contribution >= 0.6 is 0 Å². The van der Waals surface area contributed by atoms with Crippen molar-refractivity contribution in [3.05, 3.63) is 0 Å². The molecule has 0 unspecified atom stereocenters. The highest BCUT2D eigenvalue weighted by Crippen LogP contribution is 2.28. The van der Waals surface area contributed by atoms with Gasteiger partial charge in [-0.05, 0) is 18.8 Å². The van der Waals surface area contributed by atoms with Crippen LogP contribution in [0.2, 0.25) is 0 Å². The number of carboxylic acids is 1. The summed E-state index contributed by atoms with van der Waals surface area (Å²) in [7, 11) is 1.44. The fraction of sp³-hybridized carbons (Fsp3) is 0.800. The maximum absolute atomic E-state index is 11.3. The van der Waals surface area contributed by atoms with Gasteiger partial charge in [-0.25, -0.2) is 4.79 Å². The van der Waals surface area contributed by atoms with E-state index in [1.54, 1.807) is 0 Å². The van der Waals surface area contributed by atoms with Gasteiger partial charge in [0.2, 0.25) is 0 Å². The van der Waals surface area contributed by atoms with Crippen molar-refractivity contribution in [2.45, 2.75) is 12.8 Å². The van der Waals surface area contributed by atoms with E-state index >= 15 is 0 Å². The topological polar surface area (TPSA) is 78.9 Å². The Labute approximate surface area is 94.6 Å². The van der Waals surface area contributed by atoms with Crippen LogP contribution in [0.4, 0.5) is 4.79 Å². The first kappa shape index (κ1) is 12.8. The van der Waals surface area contributed by atoms with Gasteiger partial charge in [0.05, 0.1) is 6.61 Å². The molecule has 0 bridgehead atoms. The van der Waals surface area contributed by atoms with Gasteiger partial charge in [-0.1, -0.05) is 0 Å². The SMILES string of the molecule is CN(CC(=O)O)C(=O)NCCOCC1CC1. The number of rotatable bonds is 7. The van der Waals surface area contributed by atoms with Crippen LogP contribution in [-0.2, 0) is 9.53 Å². The summed E-state index contributed by atoms with van der Waals surface area (Å²) in [6.45, 7) is 1.36. The summed E-state index contributed by atoms with van der Waals surface area (Å²) >= 11 is 0. The molecule has 0 aromatic heterocycles. The minimum atomic E-state index is -1.03. The molecular formula is C10H18N2O4. The molecule has 2 amide bonds. The summed E-state index contributed by atoms with van der Waals surface area (Å²) in [5.41, 5.74) is 0. The molecule has 0 heterocycles. The van der Waals surface area contributed by atoms with Gasteiger partial charge in [0.1, 0.15) is 6.54 Å². The lowest BCUT2D eigenvalue weighted by atomic mass is 10.5. The molecule has 1 rings (SSSR count). The van der Waals surface area contributed by atoms with E-state index in [9.17, 15) is 9.59 Å². The normalized spacial score (nSPS) is 14.6. The lowest BCUT2D eigenvalue weighted by Gasteiger charge is -2.15. The highest BCUT2D eigenvalue weighted by molar-refractivity contribution is 5.79. The van der Waals surface area contributed by atoms with E-state index in [1.165, 1.54) is 19.9 Å². The molecule has 1 fully saturated rings. The van der Waals surface area contributed by atoms with Crippen molar-refractivity contribution < 1.29 is 19.4 Å². The van der Waals surface area contributed by atoms with Crippen LogP contribution in [0.3, 0.4) is 0 Å². The third-order valence-corrected chi connectivity index (χ3v) is 2.29. The lowest BCUT2D eigenvalue weighted by Crippen LogP contribution is -2.41. The summed E-state index contributed by atoms with van der Waals surface area (Å²) in [6, 6.07) is -0.391. The van der Waals surface area contributed by atoms with E-state index in [1.807, 2.05) is 0 Å². The molecule has 0 radical (unpaired) electrons. The number of carbonyl (C=O) groups is 2. The van der Waals surface area contributed by atoms with E-state index in [0.29, 0.717) is 19.1 Å². The van der Waals surface area contributed by atoms with Crippen LogP contribution in [0, 0.1) is 5.92 Å². The van der Waals surface area contributed by atoms with Gasteiger partial charge in [0.15, 0.2) is 0 Å². The molecule has 0 atom stereocenters. The van der Waals surface area contributed by atoms with E-state index in [-0.39, 0.29) is 6.54 Å². The van der Waals surface area contributed by atoms with Gasteiger partial charge < -0.3 is 20.1 Å². The number of ether oxygens (including phenoxy) is 1. The van der Waals surface area contributed by atoms with E-state index in [2.05, 4.69) is 5.32 Å². The Kier molecular flexibility index (Phi) is 5.04. The molecule has 6 nitrogen and oxygen atoms in total. The number of amides is 2. The predicted octanol–water partition coefficient (Wildman–Crippen LogP) is 0.139. The zero-order chi connectivity index (χ0) is 12.0. The zero-order valence-electron chi connectivity index (χ0n) is 9.44. The second-order valence-corrected chi connectivity index (χ2v) is 4.00. The van der Waals surface area contributed by atoms with Crippen LogP contribution in [-0.4, -0.2) is 55.4 Å². The van der Waals surface area contributed by atoms with Crippen molar-refractivity contribution in [3.8, 4) is 0 Å². The molecule has 2 N–H and O–H groups in total. The number of hydrogen-bond donors (Lipinski definition) is 2. The monoisotopic (exact) mass is 230 g/mol. The number of nitrogens with one attached hydrogen (secondary N) is 1. The third-order valence-electron chi connectivity index (χ3n) is 2.29. The van der Waals surface area contributed by atoms with Crippen LogP contribution in [0.5, 0.6) is 0 Å². The maximum Gasteiger partial charge on any atom is 0.323 e. The third kappa shape index (κ3) is 5.55. The zero-order valence-corrected chi connectivity index (χ0v) is 9.44. The van der Waals surface area contributed by atoms with Crippen molar-refractivity contribution in [2.24, 2.45) is 5.92 Å². The summed E-state index contributed by atoms with van der Waals surface area (Å²) in [6.07, 6.45) is 2.49. The Balaban J connectivity index is 1.97. The van der Waals surface area contributed by atoms with E-state index in [0.717, 1.165) is 11.5 Å². The molecule has 1 saturated carbocycles. The Hall–Kier alpha value is -1.30. The molecule has 0 spiro atoms. The maximum atomic E-state index is 11.3. The first-order valence-corrected chi connectivity index (χ1v) is 5.38. The van der Waals surface area contributed by atoms with Gasteiger partial charge in [-0.15, -0.1) is 0 Å². The van der Waals surface area contributed by atoms with Gasteiger partial charge >= 0.3 is 12.0 Å². The fourth-order valence-electron chi connectivity index (χ4n) is 1.17. The minimum Gasteiger partial charge on any atom is -0.480 e. The van der Waals surface area contributed by atoms with Gasteiger partial charge in [-0.2, -0.15) is 0 Å². The molecule has 6 heteroatoms. The molecule has 0 aliphatic heterocycles. The highest BCUT2D eigenvalue weighted by atomic mass is 16.5.